The molecule has 1 atom stereocenters. The average Bonchev–Trinajstić information content (AvgIpc) is 2.40. The van der Waals surface area contributed by atoms with Crippen LogP contribution in [0.2, 0.25) is 0 Å². The number of hydrogen-bond acceptors (Lipinski definition) is 2. The summed E-state index contributed by atoms with van der Waals surface area (Å²) in [6.45, 7) is 4.81. The first kappa shape index (κ1) is 13.6. The van der Waals surface area contributed by atoms with Crippen molar-refractivity contribution >= 4 is 0 Å². The van der Waals surface area contributed by atoms with Crippen molar-refractivity contribution in [3.8, 4) is 0 Å². The van der Waals surface area contributed by atoms with Crippen LogP contribution in [0.3, 0.4) is 0 Å². The lowest BCUT2D eigenvalue weighted by molar-refractivity contribution is 0.119. The Morgan fingerprint density at radius 3 is 2.94 bits per heavy atom. The normalized spacial score (nSPS) is 22.8. The number of fused-ring (bicyclic) bond motifs is 1. The van der Waals surface area contributed by atoms with Crippen LogP contribution in [-0.4, -0.2) is 26.8 Å². The second kappa shape index (κ2) is 6.35. The summed E-state index contributed by atoms with van der Waals surface area (Å²) in [4.78, 5) is 0. The third-order valence-corrected chi connectivity index (χ3v) is 4.13. The molecule has 1 aromatic carbocycles. The fraction of sp³-hybridized carbons (Fsp3) is 0.625. The van der Waals surface area contributed by atoms with Gasteiger partial charge in [-0.2, -0.15) is 0 Å². The summed E-state index contributed by atoms with van der Waals surface area (Å²) in [5, 5.41) is 3.39. The summed E-state index contributed by atoms with van der Waals surface area (Å²) in [7, 11) is 2.06. The minimum absolute atomic E-state index is 0.277. The van der Waals surface area contributed by atoms with Crippen LogP contribution in [0.5, 0.6) is 0 Å². The maximum absolute atomic E-state index is 5.59. The maximum Gasteiger partial charge on any atom is 0.0474 e. The highest BCUT2D eigenvalue weighted by molar-refractivity contribution is 5.37. The Morgan fingerprint density at radius 1 is 1.33 bits per heavy atom. The summed E-state index contributed by atoms with van der Waals surface area (Å²) in [6.07, 6.45) is 4.93. The molecule has 0 radical (unpaired) electrons. The fourth-order valence-corrected chi connectivity index (χ4v) is 3.29. The Balaban J connectivity index is 2.24. The molecule has 2 heteroatoms. The van der Waals surface area contributed by atoms with Crippen LogP contribution in [0.4, 0.5) is 0 Å². The molecule has 1 aliphatic rings. The predicted molar refractivity (Wildman–Crippen MR) is 76.1 cm³/mol. The van der Waals surface area contributed by atoms with E-state index in [1.165, 1.54) is 24.8 Å². The van der Waals surface area contributed by atoms with E-state index in [4.69, 9.17) is 4.74 Å². The van der Waals surface area contributed by atoms with Gasteiger partial charge < -0.3 is 10.1 Å². The van der Waals surface area contributed by atoms with E-state index in [0.29, 0.717) is 0 Å². The van der Waals surface area contributed by atoms with E-state index in [1.807, 2.05) is 0 Å². The first-order valence-electron chi connectivity index (χ1n) is 7.13. The quantitative estimate of drug-likeness (QED) is 0.780. The van der Waals surface area contributed by atoms with Crippen molar-refractivity contribution in [2.45, 2.75) is 38.0 Å². The van der Waals surface area contributed by atoms with Gasteiger partial charge in [0.15, 0.2) is 0 Å². The molecule has 2 nitrogen and oxygen atoms in total. The molecule has 0 amide bonds. The van der Waals surface area contributed by atoms with E-state index in [-0.39, 0.29) is 5.41 Å². The van der Waals surface area contributed by atoms with Crippen molar-refractivity contribution in [1.29, 1.82) is 0 Å². The number of aryl methyl sites for hydroxylation is 1. The van der Waals surface area contributed by atoms with Gasteiger partial charge in [0.05, 0.1) is 0 Å². The zero-order valence-electron chi connectivity index (χ0n) is 11.7. The topological polar surface area (TPSA) is 21.3 Å². The minimum Gasteiger partial charge on any atom is -0.382 e. The first-order valence-corrected chi connectivity index (χ1v) is 7.13. The molecular formula is C16H25NO. The van der Waals surface area contributed by atoms with Crippen LogP contribution in [0, 0.1) is 0 Å². The Kier molecular flexibility index (Phi) is 4.79. The molecule has 1 unspecified atom stereocenters. The van der Waals surface area contributed by atoms with Gasteiger partial charge in [-0.05, 0) is 50.8 Å². The molecule has 0 spiro atoms. The van der Waals surface area contributed by atoms with Crippen molar-refractivity contribution in [3.05, 3.63) is 35.4 Å². The van der Waals surface area contributed by atoms with Gasteiger partial charge >= 0.3 is 0 Å². The first-order chi connectivity index (χ1) is 8.82. The Morgan fingerprint density at radius 2 is 2.17 bits per heavy atom. The van der Waals surface area contributed by atoms with E-state index in [9.17, 15) is 0 Å². The second-order valence-corrected chi connectivity index (χ2v) is 5.27. The lowest BCUT2D eigenvalue weighted by atomic mass is 9.68. The molecule has 2 rings (SSSR count). The van der Waals surface area contributed by atoms with Crippen molar-refractivity contribution in [2.24, 2.45) is 0 Å². The third-order valence-electron chi connectivity index (χ3n) is 4.13. The van der Waals surface area contributed by atoms with Gasteiger partial charge in [0, 0.05) is 25.2 Å². The highest BCUT2D eigenvalue weighted by atomic mass is 16.5. The van der Waals surface area contributed by atoms with Crippen molar-refractivity contribution in [1.82, 2.24) is 5.32 Å². The van der Waals surface area contributed by atoms with Crippen LogP contribution < -0.4 is 5.32 Å². The van der Waals surface area contributed by atoms with E-state index in [1.54, 1.807) is 5.56 Å². The van der Waals surface area contributed by atoms with Gasteiger partial charge in [0.25, 0.3) is 0 Å². The predicted octanol–water partition coefficient (Wildman–Crippen LogP) is 2.91. The highest BCUT2D eigenvalue weighted by Crippen LogP contribution is 2.39. The molecule has 0 saturated carbocycles. The molecule has 0 aliphatic heterocycles. The minimum atomic E-state index is 0.277. The van der Waals surface area contributed by atoms with E-state index < -0.39 is 0 Å². The van der Waals surface area contributed by atoms with E-state index in [2.05, 4.69) is 43.6 Å². The molecule has 100 valence electrons. The van der Waals surface area contributed by atoms with Crippen LogP contribution in [0.1, 0.15) is 37.3 Å². The summed E-state index contributed by atoms with van der Waals surface area (Å²) < 4.78 is 5.59. The monoisotopic (exact) mass is 247 g/mol. The fourth-order valence-electron chi connectivity index (χ4n) is 3.29. The van der Waals surface area contributed by atoms with Crippen LogP contribution in [0.25, 0.3) is 0 Å². The van der Waals surface area contributed by atoms with Gasteiger partial charge in [-0.15, -0.1) is 0 Å². The lowest BCUT2D eigenvalue weighted by Gasteiger charge is -2.39. The molecule has 0 bridgehead atoms. The van der Waals surface area contributed by atoms with E-state index in [0.717, 1.165) is 26.2 Å². The summed E-state index contributed by atoms with van der Waals surface area (Å²) >= 11 is 0. The molecule has 1 aromatic rings. The van der Waals surface area contributed by atoms with Gasteiger partial charge in [0.1, 0.15) is 0 Å². The van der Waals surface area contributed by atoms with Gasteiger partial charge in [-0.3, -0.25) is 0 Å². The number of nitrogens with one attached hydrogen (secondary N) is 1. The molecular weight excluding hydrogens is 222 g/mol. The summed E-state index contributed by atoms with van der Waals surface area (Å²) in [6, 6.07) is 8.95. The summed E-state index contributed by atoms with van der Waals surface area (Å²) in [5.41, 5.74) is 3.36. The molecule has 1 N–H and O–H groups in total. The smallest absolute Gasteiger partial charge is 0.0474 e. The van der Waals surface area contributed by atoms with Crippen molar-refractivity contribution < 1.29 is 4.74 Å². The van der Waals surface area contributed by atoms with E-state index >= 15 is 0 Å². The molecule has 1 aliphatic carbocycles. The van der Waals surface area contributed by atoms with Crippen molar-refractivity contribution in [3.63, 3.8) is 0 Å². The molecule has 0 aromatic heterocycles. The highest BCUT2D eigenvalue weighted by Gasteiger charge is 2.35. The number of rotatable bonds is 6. The lowest BCUT2D eigenvalue weighted by Crippen LogP contribution is -2.40. The number of benzene rings is 1. The maximum atomic E-state index is 5.59. The summed E-state index contributed by atoms with van der Waals surface area (Å²) in [5.74, 6) is 0. The number of likely N-dealkylation sites (N-methyl/N-ethyl adjacent to an activating group) is 1. The standard InChI is InChI=1S/C16H25NO/c1-3-18-12-11-16(13-17-2)10-6-8-14-7-4-5-9-15(14)16/h4-5,7,9,17H,3,6,8,10-13H2,1-2H3. The molecule has 0 heterocycles. The zero-order chi connectivity index (χ0) is 12.8. The van der Waals surface area contributed by atoms with Gasteiger partial charge in [0.2, 0.25) is 0 Å². The van der Waals surface area contributed by atoms with Crippen LogP contribution >= 0.6 is 0 Å². The Bertz CT molecular complexity index is 377. The largest absolute Gasteiger partial charge is 0.382 e. The van der Waals surface area contributed by atoms with Crippen LogP contribution in [0.15, 0.2) is 24.3 Å². The Hall–Kier alpha value is -0.860. The molecule has 0 saturated heterocycles. The van der Waals surface area contributed by atoms with Gasteiger partial charge in [-0.1, -0.05) is 24.3 Å². The zero-order valence-corrected chi connectivity index (χ0v) is 11.7. The molecule has 18 heavy (non-hydrogen) atoms. The van der Waals surface area contributed by atoms with Crippen molar-refractivity contribution in [2.75, 3.05) is 26.8 Å². The third kappa shape index (κ3) is 2.76. The SMILES string of the molecule is CCOCCC1(CNC)CCCc2ccccc21. The average molecular weight is 247 g/mol. The second-order valence-electron chi connectivity index (χ2n) is 5.27. The van der Waals surface area contributed by atoms with Crippen LogP contribution in [-0.2, 0) is 16.6 Å². The molecule has 0 fully saturated rings. The number of ether oxygens (including phenoxy) is 1. The van der Waals surface area contributed by atoms with Gasteiger partial charge in [-0.25, -0.2) is 0 Å². The number of hydrogen-bond donors (Lipinski definition) is 1. The Labute approximate surface area is 111 Å².